The number of likely N-dealkylation sites (N-methyl/N-ethyl adjacent to an activating group) is 1. The number of nitrogens with zero attached hydrogens (tertiary/aromatic N) is 2. The van der Waals surface area contributed by atoms with Crippen LogP contribution in [-0.2, 0) is 4.79 Å². The summed E-state index contributed by atoms with van der Waals surface area (Å²) < 4.78 is 15.9. The molecule has 0 saturated heterocycles. The molecule has 2 aromatic rings. The number of hydrogen-bond donors (Lipinski definition) is 2. The van der Waals surface area contributed by atoms with Crippen molar-refractivity contribution in [3.63, 3.8) is 0 Å². The molecule has 0 aliphatic rings. The molecule has 1 aromatic carbocycles. The van der Waals surface area contributed by atoms with Crippen molar-refractivity contribution in [3.8, 4) is 22.8 Å². The van der Waals surface area contributed by atoms with Crippen LogP contribution in [0.15, 0.2) is 28.8 Å². The molecule has 1 aromatic heterocycles. The molecular formula is C21H30N4O5. The highest BCUT2D eigenvalue weighted by Crippen LogP contribution is 2.33. The maximum absolute atomic E-state index is 12.7. The van der Waals surface area contributed by atoms with E-state index in [4.69, 9.17) is 14.0 Å². The minimum atomic E-state index is -0.689. The number of benzene rings is 1. The van der Waals surface area contributed by atoms with Crippen molar-refractivity contribution in [2.24, 2.45) is 5.92 Å². The second-order valence-electron chi connectivity index (χ2n) is 7.43. The van der Waals surface area contributed by atoms with Crippen LogP contribution in [0.5, 0.6) is 11.5 Å². The fourth-order valence-corrected chi connectivity index (χ4v) is 2.78. The molecule has 1 atom stereocenters. The Balaban J connectivity index is 2.14. The van der Waals surface area contributed by atoms with Crippen molar-refractivity contribution < 1.29 is 23.6 Å². The van der Waals surface area contributed by atoms with Gasteiger partial charge in [0.05, 0.1) is 19.8 Å². The van der Waals surface area contributed by atoms with E-state index in [1.165, 1.54) is 13.2 Å². The molecule has 9 heteroatoms. The van der Waals surface area contributed by atoms with Gasteiger partial charge in [-0.15, -0.1) is 0 Å². The Hall–Kier alpha value is -3.07. The first-order valence-corrected chi connectivity index (χ1v) is 9.69. The van der Waals surface area contributed by atoms with Crippen molar-refractivity contribution in [3.05, 3.63) is 30.0 Å². The Kier molecular flexibility index (Phi) is 8.23. The number of carbonyl (C=O) groups excluding carboxylic acids is 2. The lowest BCUT2D eigenvalue weighted by Gasteiger charge is -2.21. The summed E-state index contributed by atoms with van der Waals surface area (Å²) in [6.45, 7) is 4.94. The van der Waals surface area contributed by atoms with Crippen LogP contribution < -0.4 is 20.1 Å². The fraction of sp³-hybridized carbons (Fsp3) is 0.476. The van der Waals surface area contributed by atoms with Gasteiger partial charge in [0.15, 0.2) is 11.5 Å². The number of nitrogens with one attached hydrogen (secondary N) is 2. The van der Waals surface area contributed by atoms with Gasteiger partial charge in [0.2, 0.25) is 5.91 Å². The molecular weight excluding hydrogens is 388 g/mol. The Morgan fingerprint density at radius 2 is 1.90 bits per heavy atom. The number of amides is 2. The van der Waals surface area contributed by atoms with E-state index in [1.807, 2.05) is 32.8 Å². The van der Waals surface area contributed by atoms with E-state index < -0.39 is 11.9 Å². The third-order valence-corrected chi connectivity index (χ3v) is 4.51. The highest BCUT2D eigenvalue weighted by atomic mass is 16.5. The van der Waals surface area contributed by atoms with E-state index in [0.29, 0.717) is 35.9 Å². The summed E-state index contributed by atoms with van der Waals surface area (Å²) in [7, 11) is 6.94. The summed E-state index contributed by atoms with van der Waals surface area (Å²) in [5.41, 5.74) is 0.673. The van der Waals surface area contributed by atoms with Gasteiger partial charge in [-0.25, -0.2) is 0 Å². The van der Waals surface area contributed by atoms with Gasteiger partial charge >= 0.3 is 0 Å². The van der Waals surface area contributed by atoms with Crippen molar-refractivity contribution in [1.82, 2.24) is 20.7 Å². The number of hydrogen-bond acceptors (Lipinski definition) is 7. The Morgan fingerprint density at radius 1 is 1.17 bits per heavy atom. The van der Waals surface area contributed by atoms with E-state index in [9.17, 15) is 9.59 Å². The topological polar surface area (TPSA) is 106 Å². The maximum atomic E-state index is 12.7. The highest BCUT2D eigenvalue weighted by molar-refractivity contribution is 5.96. The van der Waals surface area contributed by atoms with Crippen LogP contribution in [0.3, 0.4) is 0 Å². The molecule has 0 aliphatic carbocycles. The van der Waals surface area contributed by atoms with E-state index in [1.54, 1.807) is 25.3 Å². The zero-order valence-electron chi connectivity index (χ0n) is 18.3. The lowest BCUT2D eigenvalue weighted by Crippen LogP contribution is -2.50. The molecule has 0 bridgehead atoms. The standard InChI is InChI=1S/C21H30N4O5/c1-13(2)19(21(27)22-9-10-25(3)4)23-20(26)16-12-18(30-24-16)15-11-14(28-5)7-8-17(15)29-6/h7-8,11-13,19H,9-10H2,1-6H3,(H,22,27)(H,23,26)/t19-/m0/s1. The van der Waals surface area contributed by atoms with Gasteiger partial charge in [-0.2, -0.15) is 0 Å². The zero-order valence-corrected chi connectivity index (χ0v) is 18.3. The fourth-order valence-electron chi connectivity index (χ4n) is 2.78. The largest absolute Gasteiger partial charge is 0.497 e. The van der Waals surface area contributed by atoms with Crippen LogP contribution in [0.4, 0.5) is 0 Å². The Bertz CT molecular complexity index is 863. The van der Waals surface area contributed by atoms with Crippen LogP contribution in [0, 0.1) is 5.92 Å². The summed E-state index contributed by atoms with van der Waals surface area (Å²) in [5.74, 6) is 0.694. The lowest BCUT2D eigenvalue weighted by atomic mass is 10.0. The van der Waals surface area contributed by atoms with Gasteiger partial charge in [0.25, 0.3) is 5.91 Å². The Labute approximate surface area is 176 Å². The third kappa shape index (κ3) is 5.96. The molecule has 164 valence electrons. The molecule has 1 heterocycles. The zero-order chi connectivity index (χ0) is 22.3. The minimum absolute atomic E-state index is 0.0709. The first-order chi connectivity index (χ1) is 14.3. The summed E-state index contributed by atoms with van der Waals surface area (Å²) in [6.07, 6.45) is 0. The van der Waals surface area contributed by atoms with Gasteiger partial charge in [0, 0.05) is 19.2 Å². The second-order valence-corrected chi connectivity index (χ2v) is 7.43. The number of carbonyl (C=O) groups is 2. The SMILES string of the molecule is COc1ccc(OC)c(-c2cc(C(=O)N[C@H](C(=O)NCCN(C)C)C(C)C)no2)c1. The monoisotopic (exact) mass is 418 g/mol. The molecule has 2 rings (SSSR count). The molecule has 0 radical (unpaired) electrons. The minimum Gasteiger partial charge on any atom is -0.497 e. The molecule has 0 fully saturated rings. The predicted octanol–water partition coefficient (Wildman–Crippen LogP) is 1.79. The van der Waals surface area contributed by atoms with Gasteiger partial charge in [-0.05, 0) is 38.2 Å². The second kappa shape index (κ2) is 10.6. The molecule has 0 unspecified atom stereocenters. The van der Waals surface area contributed by atoms with Crippen LogP contribution in [0.25, 0.3) is 11.3 Å². The molecule has 2 N–H and O–H groups in total. The van der Waals surface area contributed by atoms with Gasteiger partial charge < -0.3 is 29.5 Å². The summed E-state index contributed by atoms with van der Waals surface area (Å²) in [4.78, 5) is 27.2. The van der Waals surface area contributed by atoms with Crippen molar-refractivity contribution >= 4 is 11.8 Å². The van der Waals surface area contributed by atoms with Crippen LogP contribution >= 0.6 is 0 Å². The summed E-state index contributed by atoms with van der Waals surface area (Å²) >= 11 is 0. The normalized spacial score (nSPS) is 12.0. The number of methoxy groups -OCH3 is 2. The average molecular weight is 418 g/mol. The van der Waals surface area contributed by atoms with E-state index in [0.717, 1.165) is 0 Å². The van der Waals surface area contributed by atoms with Crippen LogP contribution in [-0.4, -0.2) is 69.3 Å². The van der Waals surface area contributed by atoms with Gasteiger partial charge in [0.1, 0.15) is 17.5 Å². The van der Waals surface area contributed by atoms with Crippen molar-refractivity contribution in [2.45, 2.75) is 19.9 Å². The van der Waals surface area contributed by atoms with Crippen molar-refractivity contribution in [1.29, 1.82) is 0 Å². The molecule has 0 saturated carbocycles. The van der Waals surface area contributed by atoms with Crippen LogP contribution in [0.2, 0.25) is 0 Å². The van der Waals surface area contributed by atoms with E-state index >= 15 is 0 Å². The number of ether oxygens (including phenoxy) is 2. The predicted molar refractivity (Wildman–Crippen MR) is 113 cm³/mol. The molecule has 30 heavy (non-hydrogen) atoms. The third-order valence-electron chi connectivity index (χ3n) is 4.51. The lowest BCUT2D eigenvalue weighted by molar-refractivity contribution is -0.123. The average Bonchev–Trinajstić information content (AvgIpc) is 3.20. The first kappa shape index (κ1) is 23.2. The highest BCUT2D eigenvalue weighted by Gasteiger charge is 2.26. The van der Waals surface area contributed by atoms with Gasteiger partial charge in [-0.1, -0.05) is 19.0 Å². The first-order valence-electron chi connectivity index (χ1n) is 9.69. The molecule has 2 amide bonds. The summed E-state index contributed by atoms with van der Waals surface area (Å²) in [5, 5.41) is 9.44. The smallest absolute Gasteiger partial charge is 0.274 e. The van der Waals surface area contributed by atoms with E-state index in [2.05, 4.69) is 15.8 Å². The Morgan fingerprint density at radius 3 is 2.50 bits per heavy atom. The number of rotatable bonds is 10. The quantitative estimate of drug-likeness (QED) is 0.606. The molecule has 0 spiro atoms. The molecule has 9 nitrogen and oxygen atoms in total. The van der Waals surface area contributed by atoms with Gasteiger partial charge in [-0.3, -0.25) is 9.59 Å². The van der Waals surface area contributed by atoms with E-state index in [-0.39, 0.29) is 17.5 Å². The summed E-state index contributed by atoms with van der Waals surface area (Å²) in [6, 6.07) is 6.05. The van der Waals surface area contributed by atoms with Crippen molar-refractivity contribution in [2.75, 3.05) is 41.4 Å². The maximum Gasteiger partial charge on any atom is 0.274 e. The van der Waals surface area contributed by atoms with Crippen LogP contribution in [0.1, 0.15) is 24.3 Å². The number of aromatic nitrogens is 1. The molecule has 0 aliphatic heterocycles.